The molecule has 0 aromatic heterocycles. The normalized spacial score (nSPS) is 18.0. The summed E-state index contributed by atoms with van der Waals surface area (Å²) >= 11 is 0. The molecule has 4 heteroatoms. The van der Waals surface area contributed by atoms with Crippen molar-refractivity contribution >= 4 is 21.8 Å². The molecule has 1 aliphatic heterocycles. The highest BCUT2D eigenvalue weighted by Crippen LogP contribution is 1.97. The minimum atomic E-state index is -3.48. The molecule has 0 amide bonds. The van der Waals surface area contributed by atoms with Crippen molar-refractivity contribution in [1.29, 1.82) is 0 Å². The molecule has 0 fully saturated rings. The summed E-state index contributed by atoms with van der Waals surface area (Å²) in [7, 11) is -3.48. The van der Waals surface area contributed by atoms with Crippen LogP contribution in [0.4, 0.5) is 0 Å². The lowest BCUT2D eigenvalue weighted by atomic mass is 10.3. The van der Waals surface area contributed by atoms with Crippen molar-refractivity contribution in [2.75, 3.05) is 0 Å². The van der Waals surface area contributed by atoms with Gasteiger partial charge in [0.1, 0.15) is 6.26 Å². The fourth-order valence-electron chi connectivity index (χ4n) is 1.03. The molecule has 0 N–H and O–H groups in total. The van der Waals surface area contributed by atoms with Gasteiger partial charge in [0.2, 0.25) is 0 Å². The minimum Gasteiger partial charge on any atom is -0.387 e. The van der Waals surface area contributed by atoms with Crippen LogP contribution >= 0.6 is 0 Å². The highest BCUT2D eigenvalue weighted by molar-refractivity contribution is 7.94. The van der Waals surface area contributed by atoms with Crippen LogP contribution in [0.15, 0.2) is 24.3 Å². The quantitative estimate of drug-likeness (QED) is 0.509. The first-order valence-corrected chi connectivity index (χ1v) is 4.85. The Hall–Kier alpha value is -1.29. The predicted octanol–water partition coefficient (Wildman–Crippen LogP) is -0.477. The summed E-state index contributed by atoms with van der Waals surface area (Å²) in [5.74, 6) is 0. The molecule has 1 heterocycles. The maximum atomic E-state index is 10.9. The van der Waals surface area contributed by atoms with Crippen molar-refractivity contribution < 1.29 is 12.6 Å². The van der Waals surface area contributed by atoms with Crippen molar-refractivity contribution in [3.05, 3.63) is 34.7 Å². The molecular weight excluding hydrogens is 176 g/mol. The Bertz CT molecular complexity index is 513. The van der Waals surface area contributed by atoms with Crippen LogP contribution in [-0.2, 0) is 14.3 Å². The molecule has 0 bridgehead atoms. The van der Waals surface area contributed by atoms with Gasteiger partial charge in [-0.1, -0.05) is 24.3 Å². The van der Waals surface area contributed by atoms with Crippen LogP contribution in [0, 0.1) is 0 Å². The van der Waals surface area contributed by atoms with Gasteiger partial charge in [-0.3, -0.25) is 0 Å². The van der Waals surface area contributed by atoms with Gasteiger partial charge in [0.15, 0.2) is 0 Å². The van der Waals surface area contributed by atoms with Crippen LogP contribution in [0.1, 0.15) is 0 Å². The minimum absolute atomic E-state index is 0.670. The summed E-state index contributed by atoms with van der Waals surface area (Å²) < 4.78 is 26.3. The number of benzene rings is 1. The molecule has 0 aliphatic carbocycles. The molecule has 0 saturated heterocycles. The van der Waals surface area contributed by atoms with Gasteiger partial charge in [-0.15, -0.1) is 0 Å². The van der Waals surface area contributed by atoms with E-state index >= 15 is 0 Å². The van der Waals surface area contributed by atoms with Gasteiger partial charge in [-0.05, 0) is 5.22 Å². The molecule has 12 heavy (non-hydrogen) atoms. The third-order valence-electron chi connectivity index (χ3n) is 1.58. The Labute approximate surface area is 69.7 Å². The third kappa shape index (κ3) is 1.21. The second kappa shape index (κ2) is 2.35. The van der Waals surface area contributed by atoms with E-state index in [0.29, 0.717) is 5.22 Å². The van der Waals surface area contributed by atoms with Crippen LogP contribution < -0.4 is 10.4 Å². The second-order valence-corrected chi connectivity index (χ2v) is 3.87. The monoisotopic (exact) mass is 182 g/mol. The lowest BCUT2D eigenvalue weighted by Gasteiger charge is -2.01. The van der Waals surface area contributed by atoms with Crippen molar-refractivity contribution in [2.24, 2.45) is 0 Å². The van der Waals surface area contributed by atoms with Gasteiger partial charge in [0, 0.05) is 5.22 Å². The molecular formula is C8H6O3S. The molecule has 2 rings (SSSR count). The van der Waals surface area contributed by atoms with E-state index in [1.807, 2.05) is 6.07 Å². The first-order chi connectivity index (χ1) is 5.67. The fourth-order valence-corrected chi connectivity index (χ4v) is 1.85. The van der Waals surface area contributed by atoms with E-state index in [0.717, 1.165) is 10.6 Å². The molecule has 62 valence electrons. The van der Waals surface area contributed by atoms with E-state index in [9.17, 15) is 8.42 Å². The summed E-state index contributed by atoms with van der Waals surface area (Å²) in [5.41, 5.74) is 0. The molecule has 1 aromatic rings. The maximum absolute atomic E-state index is 10.9. The Kier molecular flexibility index (Phi) is 1.44. The van der Waals surface area contributed by atoms with Crippen LogP contribution in [0.2, 0.25) is 0 Å². The topological polar surface area (TPSA) is 43.4 Å². The van der Waals surface area contributed by atoms with Gasteiger partial charge in [-0.25, -0.2) is 0 Å². The maximum Gasteiger partial charge on any atom is 0.332 e. The van der Waals surface area contributed by atoms with Gasteiger partial charge in [0.05, 0.1) is 5.41 Å². The Morgan fingerprint density at radius 3 is 2.50 bits per heavy atom. The fraction of sp³-hybridized carbons (Fsp3) is 0. The van der Waals surface area contributed by atoms with E-state index in [4.69, 9.17) is 0 Å². The number of fused-ring (bicyclic) bond motifs is 1. The van der Waals surface area contributed by atoms with Gasteiger partial charge < -0.3 is 4.18 Å². The highest BCUT2D eigenvalue weighted by Gasteiger charge is 2.07. The SMILES string of the molecule is O=S1(=O)C=c2ccccc2=CO1. The van der Waals surface area contributed by atoms with Crippen molar-refractivity contribution in [3.8, 4) is 0 Å². The van der Waals surface area contributed by atoms with Crippen molar-refractivity contribution in [3.63, 3.8) is 0 Å². The zero-order valence-electron chi connectivity index (χ0n) is 6.10. The zero-order valence-corrected chi connectivity index (χ0v) is 6.91. The summed E-state index contributed by atoms with van der Waals surface area (Å²) in [4.78, 5) is 0. The smallest absolute Gasteiger partial charge is 0.332 e. The molecule has 3 nitrogen and oxygen atoms in total. The average Bonchev–Trinajstić information content (AvgIpc) is 2.02. The van der Waals surface area contributed by atoms with Gasteiger partial charge in [-0.2, -0.15) is 8.42 Å². The van der Waals surface area contributed by atoms with Crippen LogP contribution in [-0.4, -0.2) is 8.42 Å². The number of rotatable bonds is 0. The van der Waals surface area contributed by atoms with E-state index in [2.05, 4.69) is 4.18 Å². The molecule has 0 radical (unpaired) electrons. The van der Waals surface area contributed by atoms with Crippen molar-refractivity contribution in [2.45, 2.75) is 0 Å². The first kappa shape index (κ1) is 7.36. The summed E-state index contributed by atoms with van der Waals surface area (Å²) in [5, 5.41) is 2.57. The summed E-state index contributed by atoms with van der Waals surface area (Å²) in [6.45, 7) is 0. The van der Waals surface area contributed by atoms with Gasteiger partial charge >= 0.3 is 10.1 Å². The first-order valence-electron chi connectivity index (χ1n) is 3.38. The highest BCUT2D eigenvalue weighted by atomic mass is 32.2. The van der Waals surface area contributed by atoms with E-state index in [1.54, 1.807) is 18.2 Å². The molecule has 1 aliphatic rings. The third-order valence-corrected chi connectivity index (χ3v) is 2.48. The van der Waals surface area contributed by atoms with Crippen LogP contribution in [0.3, 0.4) is 0 Å². The Morgan fingerprint density at radius 2 is 1.75 bits per heavy atom. The Balaban J connectivity index is 2.89. The lowest BCUT2D eigenvalue weighted by Crippen LogP contribution is -2.29. The predicted molar refractivity (Wildman–Crippen MR) is 44.6 cm³/mol. The molecule has 0 saturated carbocycles. The molecule has 0 unspecified atom stereocenters. The molecule has 0 atom stereocenters. The van der Waals surface area contributed by atoms with Crippen LogP contribution in [0.25, 0.3) is 11.7 Å². The average molecular weight is 182 g/mol. The lowest BCUT2D eigenvalue weighted by molar-refractivity contribution is 0.488. The summed E-state index contributed by atoms with van der Waals surface area (Å²) in [6.07, 6.45) is 1.24. The van der Waals surface area contributed by atoms with E-state index in [1.165, 1.54) is 6.26 Å². The van der Waals surface area contributed by atoms with E-state index in [-0.39, 0.29) is 0 Å². The number of hydrogen-bond acceptors (Lipinski definition) is 3. The molecule has 0 spiro atoms. The standard InChI is InChI=1S/C8H6O3S/c9-12(10)6-8-4-2-1-3-7(8)5-11-12/h1-6H. The number of hydrogen-bond donors (Lipinski definition) is 0. The largest absolute Gasteiger partial charge is 0.387 e. The summed E-state index contributed by atoms with van der Waals surface area (Å²) in [6, 6.07) is 7.13. The zero-order chi connectivity index (χ0) is 8.60. The second-order valence-electron chi connectivity index (χ2n) is 2.45. The van der Waals surface area contributed by atoms with Crippen molar-refractivity contribution in [1.82, 2.24) is 0 Å². The molecule has 1 aromatic carbocycles. The van der Waals surface area contributed by atoms with Gasteiger partial charge in [0.25, 0.3) is 0 Å². The Morgan fingerprint density at radius 1 is 1.08 bits per heavy atom. The van der Waals surface area contributed by atoms with E-state index < -0.39 is 10.1 Å². The van der Waals surface area contributed by atoms with Crippen LogP contribution in [0.5, 0.6) is 0 Å².